The Morgan fingerprint density at radius 1 is 1.10 bits per heavy atom. The van der Waals surface area contributed by atoms with Crippen molar-refractivity contribution in [1.82, 2.24) is 14.8 Å². The Morgan fingerprint density at radius 2 is 1.72 bits per heavy atom. The molecule has 9 nitrogen and oxygen atoms in total. The molecule has 0 aromatic heterocycles. The Morgan fingerprint density at radius 3 is 2.28 bits per heavy atom. The highest BCUT2D eigenvalue weighted by Crippen LogP contribution is 2.55. The number of carbonyl (C=O) groups is 3. The third-order valence-corrected chi connectivity index (χ3v) is 7.55. The van der Waals surface area contributed by atoms with Crippen molar-refractivity contribution >= 4 is 29.5 Å². The average molecular weight is 418 g/mol. The van der Waals surface area contributed by atoms with Gasteiger partial charge in [0.05, 0.1) is 5.29 Å². The molecule has 3 heterocycles. The maximum atomic E-state index is 13.4. The Bertz CT molecular complexity index is 905. The number of nitroso groups, excluding NO2 is 1. The summed E-state index contributed by atoms with van der Waals surface area (Å²) in [6.45, 7) is 6.90. The summed E-state index contributed by atoms with van der Waals surface area (Å²) in [6, 6.07) is 6.08. The molecule has 1 aromatic carbocycles. The van der Waals surface area contributed by atoms with Crippen LogP contribution >= 0.6 is 11.8 Å². The first-order chi connectivity index (χ1) is 13.5. The predicted molar refractivity (Wildman–Crippen MR) is 105 cm³/mol. The lowest BCUT2D eigenvalue weighted by molar-refractivity contribution is -0.172. The Hall–Kier alpha value is -2.62. The maximum absolute atomic E-state index is 13.4. The molecule has 1 N–H and O–H groups in total. The Balaban J connectivity index is 1.72. The van der Waals surface area contributed by atoms with Gasteiger partial charge in [0, 0.05) is 4.75 Å². The van der Waals surface area contributed by atoms with Gasteiger partial charge in [-0.2, -0.15) is 0 Å². The molecule has 0 bridgehead atoms. The van der Waals surface area contributed by atoms with Gasteiger partial charge in [-0.3, -0.25) is 9.59 Å². The van der Waals surface area contributed by atoms with Crippen LogP contribution in [-0.2, 0) is 14.4 Å². The van der Waals surface area contributed by atoms with Crippen LogP contribution in [0.4, 0.5) is 0 Å². The van der Waals surface area contributed by atoms with Crippen LogP contribution in [0.1, 0.15) is 39.3 Å². The SMILES string of the molecule is CC1(C)S[C@@H]2C(N3C(=O)C(c4ccccc4)N(N=O)C3(C)C)C(=O)N2[C@H]1C(=O)O. The second-order valence-electron chi connectivity index (χ2n) is 8.49. The number of carboxylic acid groups (broad SMARTS) is 1. The summed E-state index contributed by atoms with van der Waals surface area (Å²) in [5.74, 6) is -1.88. The molecule has 1 aromatic rings. The first kappa shape index (κ1) is 19.7. The molecule has 3 aliphatic rings. The topological polar surface area (TPSA) is 111 Å². The van der Waals surface area contributed by atoms with Crippen molar-refractivity contribution in [1.29, 1.82) is 0 Å². The van der Waals surface area contributed by atoms with Gasteiger partial charge in [0.25, 0.3) is 5.91 Å². The van der Waals surface area contributed by atoms with Crippen LogP contribution < -0.4 is 0 Å². The monoisotopic (exact) mass is 418 g/mol. The van der Waals surface area contributed by atoms with Crippen molar-refractivity contribution < 1.29 is 19.5 Å². The lowest BCUT2D eigenvalue weighted by Crippen LogP contribution is -2.73. The fraction of sp³-hybridized carbons (Fsp3) is 0.526. The van der Waals surface area contributed by atoms with E-state index in [1.54, 1.807) is 58.0 Å². The number of benzene rings is 1. The number of rotatable bonds is 4. The zero-order valence-electron chi connectivity index (χ0n) is 16.5. The number of thioether (sulfide) groups is 1. The number of nitrogens with zero attached hydrogens (tertiary/aromatic N) is 4. The number of hydrogen-bond acceptors (Lipinski definition) is 6. The number of amides is 2. The zero-order valence-corrected chi connectivity index (χ0v) is 17.3. The van der Waals surface area contributed by atoms with E-state index in [0.29, 0.717) is 5.56 Å². The van der Waals surface area contributed by atoms with Crippen LogP contribution in [0.5, 0.6) is 0 Å². The summed E-state index contributed by atoms with van der Waals surface area (Å²) < 4.78 is -0.699. The van der Waals surface area contributed by atoms with Crippen LogP contribution in [0, 0.1) is 4.91 Å². The van der Waals surface area contributed by atoms with E-state index in [1.165, 1.54) is 26.6 Å². The van der Waals surface area contributed by atoms with E-state index in [9.17, 15) is 24.4 Å². The molecular formula is C19H22N4O5S. The fourth-order valence-corrected chi connectivity index (χ4v) is 6.38. The van der Waals surface area contributed by atoms with E-state index in [0.717, 1.165) is 0 Å². The zero-order chi connectivity index (χ0) is 21.3. The van der Waals surface area contributed by atoms with Crippen molar-refractivity contribution in [3.63, 3.8) is 0 Å². The highest BCUT2D eigenvalue weighted by atomic mass is 32.2. The largest absolute Gasteiger partial charge is 0.480 e. The second-order valence-corrected chi connectivity index (χ2v) is 10.3. The lowest BCUT2D eigenvalue weighted by Gasteiger charge is -2.50. The number of carboxylic acids is 1. The summed E-state index contributed by atoms with van der Waals surface area (Å²) in [4.78, 5) is 52.7. The molecule has 0 radical (unpaired) electrons. The van der Waals surface area contributed by atoms with E-state index in [1.807, 2.05) is 0 Å². The van der Waals surface area contributed by atoms with Crippen molar-refractivity contribution in [3.8, 4) is 0 Å². The minimum absolute atomic E-state index is 0.393. The van der Waals surface area contributed by atoms with Crippen molar-refractivity contribution in [3.05, 3.63) is 40.8 Å². The van der Waals surface area contributed by atoms with Crippen molar-refractivity contribution in [2.45, 2.75) is 61.6 Å². The molecule has 154 valence electrons. The molecule has 0 saturated carbocycles. The number of carbonyl (C=O) groups excluding carboxylic acids is 2. The third kappa shape index (κ3) is 2.51. The quantitative estimate of drug-likeness (QED) is 0.586. The predicted octanol–water partition coefficient (Wildman–Crippen LogP) is 1.80. The van der Waals surface area contributed by atoms with Gasteiger partial charge in [-0.05, 0) is 33.3 Å². The highest BCUT2D eigenvalue weighted by Gasteiger charge is 2.69. The van der Waals surface area contributed by atoms with Crippen LogP contribution in [0.3, 0.4) is 0 Å². The molecule has 3 fully saturated rings. The molecule has 0 aliphatic carbocycles. The standard InChI is InChI=1S/C19H22N4O5S/c1-18(2)13(17(26)27)21-14(24)12(16(21)29-18)22-15(25)11(10-8-6-5-7-9-10)23(20-28)19(22,3)4/h5-9,11-13,16H,1-4H3,(H,26,27)/t11?,12?,13-,16+/m0/s1. The molecular weight excluding hydrogens is 396 g/mol. The van der Waals surface area contributed by atoms with Gasteiger partial charge in [-0.15, -0.1) is 16.7 Å². The van der Waals surface area contributed by atoms with Gasteiger partial charge in [-0.1, -0.05) is 30.3 Å². The van der Waals surface area contributed by atoms with E-state index in [2.05, 4.69) is 5.29 Å². The van der Waals surface area contributed by atoms with Crippen molar-refractivity contribution in [2.75, 3.05) is 0 Å². The molecule has 4 rings (SSSR count). The number of fused-ring (bicyclic) bond motifs is 1. The second kappa shape index (κ2) is 6.19. The van der Waals surface area contributed by atoms with Gasteiger partial charge in [0.2, 0.25) is 5.91 Å². The van der Waals surface area contributed by atoms with E-state index < -0.39 is 51.7 Å². The molecule has 10 heteroatoms. The molecule has 0 spiro atoms. The smallest absolute Gasteiger partial charge is 0.327 e. The highest BCUT2D eigenvalue weighted by molar-refractivity contribution is 8.01. The number of aliphatic carboxylic acids is 1. The van der Waals surface area contributed by atoms with Crippen LogP contribution in [-0.4, -0.2) is 65.6 Å². The Kier molecular flexibility index (Phi) is 4.20. The first-order valence-corrected chi connectivity index (χ1v) is 10.2. The summed E-state index contributed by atoms with van der Waals surface area (Å²) in [6.07, 6.45) is 0. The lowest BCUT2D eigenvalue weighted by atomic mass is 9.94. The minimum atomic E-state index is -1.14. The van der Waals surface area contributed by atoms with Crippen LogP contribution in [0.2, 0.25) is 0 Å². The summed E-state index contributed by atoms with van der Waals surface area (Å²) >= 11 is 1.36. The molecule has 3 aliphatic heterocycles. The Labute approximate surface area is 172 Å². The van der Waals surface area contributed by atoms with E-state index in [-0.39, 0.29) is 0 Å². The molecule has 29 heavy (non-hydrogen) atoms. The number of β-lactam (4-membered cyclic amide) rings is 1. The van der Waals surface area contributed by atoms with Gasteiger partial charge < -0.3 is 14.9 Å². The maximum Gasteiger partial charge on any atom is 0.327 e. The van der Waals surface area contributed by atoms with Crippen molar-refractivity contribution in [2.24, 2.45) is 5.29 Å². The van der Waals surface area contributed by atoms with Gasteiger partial charge in [0.1, 0.15) is 23.1 Å². The van der Waals surface area contributed by atoms with Crippen LogP contribution in [0.15, 0.2) is 35.6 Å². The van der Waals surface area contributed by atoms with E-state index >= 15 is 0 Å². The summed E-state index contributed by atoms with van der Waals surface area (Å²) in [5, 5.41) is 13.4. The van der Waals surface area contributed by atoms with Gasteiger partial charge in [0.15, 0.2) is 6.04 Å². The minimum Gasteiger partial charge on any atom is -0.480 e. The fourth-order valence-electron chi connectivity index (χ4n) is 4.71. The summed E-state index contributed by atoms with van der Waals surface area (Å²) in [5.41, 5.74) is -0.531. The molecule has 2 unspecified atom stereocenters. The molecule has 2 amide bonds. The third-order valence-electron chi connectivity index (χ3n) is 5.99. The molecule has 3 saturated heterocycles. The number of hydrogen-bond donors (Lipinski definition) is 1. The molecule has 4 atom stereocenters. The average Bonchev–Trinajstić information content (AvgIpc) is 3.02. The normalized spacial score (nSPS) is 32.2. The van der Waals surface area contributed by atoms with Gasteiger partial charge >= 0.3 is 5.97 Å². The summed E-state index contributed by atoms with van der Waals surface area (Å²) in [7, 11) is 0. The van der Waals surface area contributed by atoms with E-state index in [4.69, 9.17) is 0 Å². The van der Waals surface area contributed by atoms with Crippen LogP contribution in [0.25, 0.3) is 0 Å². The first-order valence-electron chi connectivity index (χ1n) is 9.27. The van der Waals surface area contributed by atoms with Gasteiger partial charge in [-0.25, -0.2) is 9.80 Å².